The van der Waals surface area contributed by atoms with E-state index in [4.69, 9.17) is 4.74 Å². The molecule has 1 aromatic carbocycles. The Morgan fingerprint density at radius 2 is 2.15 bits per heavy atom. The highest BCUT2D eigenvalue weighted by Gasteiger charge is 2.64. The van der Waals surface area contributed by atoms with Crippen LogP contribution in [0.15, 0.2) is 36.4 Å². The quantitative estimate of drug-likeness (QED) is 0.866. The summed E-state index contributed by atoms with van der Waals surface area (Å²) in [5.41, 5.74) is -2.20. The number of amides is 1. The molecule has 0 radical (unpaired) electrons. The summed E-state index contributed by atoms with van der Waals surface area (Å²) in [7, 11) is 0. The number of carbonyl (C=O) groups excluding carboxylic acids is 1. The molecule has 4 rings (SSSR count). The van der Waals surface area contributed by atoms with Crippen molar-refractivity contribution >= 4 is 11.5 Å². The summed E-state index contributed by atoms with van der Waals surface area (Å²) in [6, 6.07) is 4.30. The Morgan fingerprint density at radius 1 is 1.35 bits per heavy atom. The van der Waals surface area contributed by atoms with Gasteiger partial charge < -0.3 is 15.2 Å². The van der Waals surface area contributed by atoms with Gasteiger partial charge in [-0.05, 0) is 36.1 Å². The molecule has 0 aromatic heterocycles. The van der Waals surface area contributed by atoms with Gasteiger partial charge in [0, 0.05) is 17.9 Å². The van der Waals surface area contributed by atoms with Crippen molar-refractivity contribution in [3.8, 4) is 5.75 Å². The number of aliphatic hydroxyl groups is 1. The van der Waals surface area contributed by atoms with E-state index in [-0.39, 0.29) is 36.3 Å². The molecule has 1 aromatic rings. The van der Waals surface area contributed by atoms with Crippen LogP contribution in [-0.2, 0) is 10.4 Å². The SMILES string of the molecule is O=C1CCC(COc2ccc3c(c2)C(O)(C(F)(F)F)C2CC=CC=C32)N1. The Balaban J connectivity index is 1.66. The molecule has 4 nitrogen and oxygen atoms in total. The predicted octanol–water partition coefficient (Wildman–Crippen LogP) is 3.07. The van der Waals surface area contributed by atoms with Gasteiger partial charge in [0.15, 0.2) is 5.60 Å². The lowest BCUT2D eigenvalue weighted by Crippen LogP contribution is -2.46. The number of hydrogen-bond acceptors (Lipinski definition) is 3. The fourth-order valence-corrected chi connectivity index (χ4v) is 4.02. The summed E-state index contributed by atoms with van der Waals surface area (Å²) in [6.45, 7) is 0.183. The van der Waals surface area contributed by atoms with Gasteiger partial charge in [0.2, 0.25) is 5.91 Å². The Morgan fingerprint density at radius 3 is 2.85 bits per heavy atom. The Hall–Kier alpha value is -2.28. The van der Waals surface area contributed by atoms with E-state index in [1.807, 2.05) is 0 Å². The third kappa shape index (κ3) is 2.53. The van der Waals surface area contributed by atoms with Crippen LogP contribution < -0.4 is 10.1 Å². The first-order valence-electron chi connectivity index (χ1n) is 8.53. The van der Waals surface area contributed by atoms with E-state index in [1.54, 1.807) is 30.4 Å². The van der Waals surface area contributed by atoms with Crippen molar-refractivity contribution in [1.29, 1.82) is 0 Å². The maximum atomic E-state index is 13.8. The topological polar surface area (TPSA) is 58.6 Å². The number of hydrogen-bond donors (Lipinski definition) is 2. The van der Waals surface area contributed by atoms with Crippen molar-refractivity contribution in [2.24, 2.45) is 5.92 Å². The standard InChI is InChI=1S/C19H18F3NO3/c20-19(21,22)18(25)15-4-2-1-3-13(15)14-7-6-12(9-16(14)18)26-10-11-5-8-17(24)23-11/h1-3,6-7,9,11,15,25H,4-5,8,10H2,(H,23,24). The number of rotatable bonds is 3. The van der Waals surface area contributed by atoms with Gasteiger partial charge in [-0.15, -0.1) is 0 Å². The molecule has 0 bridgehead atoms. The molecule has 2 aliphatic carbocycles. The van der Waals surface area contributed by atoms with Crippen molar-refractivity contribution in [1.82, 2.24) is 5.32 Å². The molecule has 0 saturated carbocycles. The third-order valence-corrected chi connectivity index (χ3v) is 5.34. The van der Waals surface area contributed by atoms with Gasteiger partial charge in [-0.25, -0.2) is 0 Å². The highest BCUT2D eigenvalue weighted by Crippen LogP contribution is 2.58. The number of fused-ring (bicyclic) bond motifs is 3. The average Bonchev–Trinajstić information content (AvgIpc) is 3.13. The summed E-state index contributed by atoms with van der Waals surface area (Å²) in [6.07, 6.45) is 1.37. The second kappa shape index (κ2) is 5.87. The van der Waals surface area contributed by atoms with Crippen LogP contribution in [0.3, 0.4) is 0 Å². The molecule has 7 heteroatoms. The second-order valence-corrected chi connectivity index (χ2v) is 6.92. The number of benzene rings is 1. The van der Waals surface area contributed by atoms with Crippen LogP contribution in [0.4, 0.5) is 13.2 Å². The highest BCUT2D eigenvalue weighted by molar-refractivity contribution is 5.80. The zero-order valence-electron chi connectivity index (χ0n) is 13.8. The van der Waals surface area contributed by atoms with E-state index in [0.717, 1.165) is 0 Å². The molecule has 1 aliphatic heterocycles. The number of halogens is 3. The molecule has 26 heavy (non-hydrogen) atoms. The number of nitrogens with one attached hydrogen (secondary N) is 1. The van der Waals surface area contributed by atoms with Gasteiger partial charge in [0.25, 0.3) is 0 Å². The van der Waals surface area contributed by atoms with Gasteiger partial charge in [-0.2, -0.15) is 13.2 Å². The van der Waals surface area contributed by atoms with Crippen LogP contribution in [0.5, 0.6) is 5.75 Å². The molecule has 3 unspecified atom stereocenters. The minimum absolute atomic E-state index is 0.0532. The lowest BCUT2D eigenvalue weighted by atomic mass is 9.81. The molecule has 1 saturated heterocycles. The summed E-state index contributed by atoms with van der Waals surface area (Å²) in [5, 5.41) is 13.4. The first-order chi connectivity index (χ1) is 12.3. The molecule has 1 amide bonds. The minimum atomic E-state index is -4.80. The Bertz CT molecular complexity index is 815. The maximum Gasteiger partial charge on any atom is 0.422 e. The minimum Gasteiger partial charge on any atom is -0.491 e. The average molecular weight is 365 g/mol. The van der Waals surface area contributed by atoms with Crippen LogP contribution in [0.1, 0.15) is 30.4 Å². The van der Waals surface area contributed by atoms with Crippen molar-refractivity contribution in [3.63, 3.8) is 0 Å². The van der Waals surface area contributed by atoms with Crippen molar-refractivity contribution < 1.29 is 27.8 Å². The van der Waals surface area contributed by atoms with E-state index in [2.05, 4.69) is 5.32 Å². The molecule has 138 valence electrons. The normalized spacial score (nSPS) is 29.8. The molecule has 1 heterocycles. The molecular weight excluding hydrogens is 347 g/mol. The second-order valence-electron chi connectivity index (χ2n) is 6.92. The third-order valence-electron chi connectivity index (χ3n) is 5.34. The van der Waals surface area contributed by atoms with E-state index in [9.17, 15) is 23.1 Å². The molecule has 3 aliphatic rings. The molecule has 3 atom stereocenters. The van der Waals surface area contributed by atoms with E-state index >= 15 is 0 Å². The number of allylic oxidation sites excluding steroid dienone is 3. The first-order valence-corrected chi connectivity index (χ1v) is 8.53. The summed E-state index contributed by atoms with van der Waals surface area (Å²) in [4.78, 5) is 11.2. The monoisotopic (exact) mass is 365 g/mol. The largest absolute Gasteiger partial charge is 0.491 e. The zero-order chi connectivity index (χ0) is 18.5. The van der Waals surface area contributed by atoms with Crippen LogP contribution in [0.25, 0.3) is 5.57 Å². The Labute approximate surface area is 148 Å². The van der Waals surface area contributed by atoms with Crippen molar-refractivity contribution in [2.45, 2.75) is 37.1 Å². The van der Waals surface area contributed by atoms with E-state index in [1.165, 1.54) is 6.07 Å². The summed E-state index contributed by atoms with van der Waals surface area (Å²) < 4.78 is 47.0. The van der Waals surface area contributed by atoms with Crippen LogP contribution in [0, 0.1) is 5.92 Å². The first kappa shape index (κ1) is 17.1. The molecule has 0 spiro atoms. The predicted molar refractivity (Wildman–Crippen MR) is 88.3 cm³/mol. The van der Waals surface area contributed by atoms with Gasteiger partial charge in [-0.1, -0.05) is 24.3 Å². The molecule has 2 N–H and O–H groups in total. The fourth-order valence-electron chi connectivity index (χ4n) is 4.02. The van der Waals surface area contributed by atoms with Crippen LogP contribution in [0.2, 0.25) is 0 Å². The lowest BCUT2D eigenvalue weighted by molar-refractivity contribution is -0.277. The van der Waals surface area contributed by atoms with Gasteiger partial charge in [0.05, 0.1) is 6.04 Å². The van der Waals surface area contributed by atoms with Gasteiger partial charge in [-0.3, -0.25) is 4.79 Å². The van der Waals surface area contributed by atoms with Crippen LogP contribution >= 0.6 is 0 Å². The highest BCUT2D eigenvalue weighted by atomic mass is 19.4. The fraction of sp³-hybridized carbons (Fsp3) is 0.421. The summed E-state index contributed by atoms with van der Waals surface area (Å²) in [5.74, 6) is -0.853. The van der Waals surface area contributed by atoms with E-state index < -0.39 is 17.7 Å². The maximum absolute atomic E-state index is 13.8. The van der Waals surface area contributed by atoms with Crippen LogP contribution in [-0.4, -0.2) is 29.8 Å². The van der Waals surface area contributed by atoms with Crippen molar-refractivity contribution in [3.05, 3.63) is 47.6 Å². The van der Waals surface area contributed by atoms with Crippen molar-refractivity contribution in [2.75, 3.05) is 6.61 Å². The Kier molecular flexibility index (Phi) is 3.87. The zero-order valence-corrected chi connectivity index (χ0v) is 13.8. The van der Waals surface area contributed by atoms with Gasteiger partial charge >= 0.3 is 6.18 Å². The summed E-state index contributed by atoms with van der Waals surface area (Å²) >= 11 is 0. The van der Waals surface area contributed by atoms with E-state index in [0.29, 0.717) is 24.0 Å². The van der Waals surface area contributed by atoms with Gasteiger partial charge in [0.1, 0.15) is 12.4 Å². The lowest BCUT2D eigenvalue weighted by Gasteiger charge is -2.33. The molecule has 1 fully saturated rings. The number of alkyl halides is 3. The number of ether oxygens (including phenoxy) is 1. The molecular formula is C19H18F3NO3. The number of carbonyl (C=O) groups is 1. The smallest absolute Gasteiger partial charge is 0.422 e.